The zero-order valence-electron chi connectivity index (χ0n) is 9.84. The van der Waals surface area contributed by atoms with Crippen molar-refractivity contribution in [3.63, 3.8) is 0 Å². The van der Waals surface area contributed by atoms with Gasteiger partial charge in [0.25, 0.3) is 0 Å². The van der Waals surface area contributed by atoms with Crippen LogP contribution in [0.15, 0.2) is 28.8 Å². The minimum absolute atomic E-state index is 0.174. The maximum atomic E-state index is 9.36. The van der Waals surface area contributed by atoms with E-state index in [4.69, 9.17) is 10.3 Å². The normalized spacial score (nSPS) is 11.7. The molecule has 0 bridgehead atoms. The van der Waals surface area contributed by atoms with Gasteiger partial charge < -0.3 is 15.4 Å². The highest BCUT2D eigenvalue weighted by molar-refractivity contribution is 5.56. The zero-order chi connectivity index (χ0) is 12.5. The van der Waals surface area contributed by atoms with Gasteiger partial charge in [-0.1, -0.05) is 17.3 Å². The first-order chi connectivity index (χ1) is 7.94. The van der Waals surface area contributed by atoms with E-state index in [9.17, 15) is 5.11 Å². The molecule has 0 atom stereocenters. The van der Waals surface area contributed by atoms with Gasteiger partial charge in [-0.05, 0) is 26.0 Å². The Kier molecular flexibility index (Phi) is 2.85. The van der Waals surface area contributed by atoms with Crippen molar-refractivity contribution >= 4 is 0 Å². The summed E-state index contributed by atoms with van der Waals surface area (Å²) in [6.07, 6.45) is 0.513. The molecule has 5 nitrogen and oxygen atoms in total. The number of phenolic OH excluding ortho intramolecular Hbond substituents is 1. The van der Waals surface area contributed by atoms with Gasteiger partial charge in [-0.15, -0.1) is 0 Å². The molecule has 1 heterocycles. The smallest absolute Gasteiger partial charge is 0.228 e. The minimum Gasteiger partial charge on any atom is -0.508 e. The molecule has 17 heavy (non-hydrogen) atoms. The number of rotatable bonds is 3. The molecule has 90 valence electrons. The van der Waals surface area contributed by atoms with Gasteiger partial charge in [0.2, 0.25) is 11.7 Å². The second kappa shape index (κ2) is 4.18. The number of phenols is 1. The first-order valence-corrected chi connectivity index (χ1v) is 5.35. The van der Waals surface area contributed by atoms with Crippen LogP contribution in [0.5, 0.6) is 5.75 Å². The lowest BCUT2D eigenvalue weighted by Gasteiger charge is -2.14. The third kappa shape index (κ3) is 3.04. The standard InChI is InChI=1S/C12H15N3O2/c1-12(2,13)7-10-14-11(15-17-10)8-4-3-5-9(16)6-8/h3-6,16H,7,13H2,1-2H3. The highest BCUT2D eigenvalue weighted by atomic mass is 16.5. The molecular weight excluding hydrogens is 218 g/mol. The van der Waals surface area contributed by atoms with E-state index in [1.165, 1.54) is 0 Å². The molecule has 3 N–H and O–H groups in total. The molecule has 0 spiro atoms. The van der Waals surface area contributed by atoms with Crippen molar-refractivity contribution in [1.82, 2.24) is 10.1 Å². The monoisotopic (exact) mass is 233 g/mol. The second-order valence-electron chi connectivity index (χ2n) is 4.73. The van der Waals surface area contributed by atoms with E-state index in [1.807, 2.05) is 19.9 Å². The number of nitrogens with two attached hydrogens (primary N) is 1. The van der Waals surface area contributed by atoms with Crippen LogP contribution in [0.2, 0.25) is 0 Å². The van der Waals surface area contributed by atoms with E-state index in [0.29, 0.717) is 18.1 Å². The molecule has 0 aliphatic rings. The Morgan fingerprint density at radius 3 is 2.82 bits per heavy atom. The molecule has 1 aromatic heterocycles. The molecule has 0 fully saturated rings. The van der Waals surface area contributed by atoms with Crippen LogP contribution in [0.3, 0.4) is 0 Å². The van der Waals surface area contributed by atoms with Crippen molar-refractivity contribution in [2.75, 3.05) is 0 Å². The van der Waals surface area contributed by atoms with Crippen molar-refractivity contribution in [2.24, 2.45) is 5.73 Å². The lowest BCUT2D eigenvalue weighted by molar-refractivity contribution is 0.348. The fourth-order valence-electron chi connectivity index (χ4n) is 1.48. The Balaban J connectivity index is 2.24. The van der Waals surface area contributed by atoms with Gasteiger partial charge in [0, 0.05) is 17.5 Å². The fraction of sp³-hybridized carbons (Fsp3) is 0.333. The van der Waals surface area contributed by atoms with Crippen molar-refractivity contribution < 1.29 is 9.63 Å². The van der Waals surface area contributed by atoms with Crippen LogP contribution >= 0.6 is 0 Å². The average Bonchev–Trinajstić information content (AvgIpc) is 2.63. The number of hydrogen-bond acceptors (Lipinski definition) is 5. The van der Waals surface area contributed by atoms with Gasteiger partial charge in [0.1, 0.15) is 5.75 Å². The molecule has 0 aliphatic carbocycles. The summed E-state index contributed by atoms with van der Waals surface area (Å²) in [6, 6.07) is 6.71. The summed E-state index contributed by atoms with van der Waals surface area (Å²) in [5, 5.41) is 13.2. The van der Waals surface area contributed by atoms with Crippen LogP contribution in [0.25, 0.3) is 11.4 Å². The van der Waals surface area contributed by atoms with E-state index in [2.05, 4.69) is 10.1 Å². The number of hydrogen-bond donors (Lipinski definition) is 2. The Hall–Kier alpha value is -1.88. The highest BCUT2D eigenvalue weighted by Gasteiger charge is 2.17. The number of benzene rings is 1. The fourth-order valence-corrected chi connectivity index (χ4v) is 1.48. The molecule has 5 heteroatoms. The summed E-state index contributed by atoms with van der Waals surface area (Å²) >= 11 is 0. The van der Waals surface area contributed by atoms with Crippen molar-refractivity contribution in [2.45, 2.75) is 25.8 Å². The largest absolute Gasteiger partial charge is 0.508 e. The summed E-state index contributed by atoms with van der Waals surface area (Å²) < 4.78 is 5.11. The Bertz CT molecular complexity index is 514. The first-order valence-electron chi connectivity index (χ1n) is 5.35. The SMILES string of the molecule is CC(C)(N)Cc1nc(-c2cccc(O)c2)no1. The Morgan fingerprint density at radius 2 is 2.18 bits per heavy atom. The van der Waals surface area contributed by atoms with Crippen molar-refractivity contribution in [3.05, 3.63) is 30.2 Å². The van der Waals surface area contributed by atoms with Gasteiger partial charge >= 0.3 is 0 Å². The number of aromatic nitrogens is 2. The van der Waals surface area contributed by atoms with Gasteiger partial charge in [-0.2, -0.15) is 4.98 Å². The Morgan fingerprint density at radius 1 is 1.41 bits per heavy atom. The van der Waals surface area contributed by atoms with Crippen LogP contribution in [0.1, 0.15) is 19.7 Å². The quantitative estimate of drug-likeness (QED) is 0.843. The molecule has 0 saturated carbocycles. The molecular formula is C12H15N3O2. The molecule has 1 aromatic carbocycles. The van der Waals surface area contributed by atoms with Gasteiger partial charge in [-0.3, -0.25) is 0 Å². The van der Waals surface area contributed by atoms with Crippen LogP contribution in [0.4, 0.5) is 0 Å². The summed E-state index contributed by atoms with van der Waals surface area (Å²) in [7, 11) is 0. The van der Waals surface area contributed by atoms with Gasteiger partial charge in [0.15, 0.2) is 0 Å². The topological polar surface area (TPSA) is 85.2 Å². The third-order valence-corrected chi connectivity index (χ3v) is 2.18. The summed E-state index contributed by atoms with van der Waals surface area (Å²) in [5.41, 5.74) is 6.20. The van der Waals surface area contributed by atoms with Crippen molar-refractivity contribution in [1.29, 1.82) is 0 Å². The van der Waals surface area contributed by atoms with Crippen LogP contribution < -0.4 is 5.73 Å². The number of nitrogens with zero attached hydrogens (tertiary/aromatic N) is 2. The van der Waals surface area contributed by atoms with Crippen LogP contribution in [-0.4, -0.2) is 20.8 Å². The zero-order valence-corrected chi connectivity index (χ0v) is 9.84. The highest BCUT2D eigenvalue weighted by Crippen LogP contribution is 2.21. The first kappa shape index (κ1) is 11.6. The second-order valence-corrected chi connectivity index (χ2v) is 4.73. The summed E-state index contributed by atoms with van der Waals surface area (Å²) in [6.45, 7) is 3.79. The van der Waals surface area contributed by atoms with E-state index < -0.39 is 0 Å². The summed E-state index contributed by atoms with van der Waals surface area (Å²) in [5.74, 6) is 1.13. The summed E-state index contributed by atoms with van der Waals surface area (Å²) in [4.78, 5) is 4.24. The molecule has 0 unspecified atom stereocenters. The molecule has 0 radical (unpaired) electrons. The van der Waals surface area contributed by atoms with E-state index >= 15 is 0 Å². The predicted molar refractivity (Wildman–Crippen MR) is 63.4 cm³/mol. The van der Waals surface area contributed by atoms with E-state index in [1.54, 1.807) is 18.2 Å². The molecule has 0 amide bonds. The maximum Gasteiger partial charge on any atom is 0.228 e. The average molecular weight is 233 g/mol. The predicted octanol–water partition coefficient (Wildman–Crippen LogP) is 1.72. The molecule has 2 aromatic rings. The van der Waals surface area contributed by atoms with Gasteiger partial charge in [0.05, 0.1) is 0 Å². The van der Waals surface area contributed by atoms with E-state index in [-0.39, 0.29) is 11.3 Å². The van der Waals surface area contributed by atoms with Crippen LogP contribution in [0, 0.1) is 0 Å². The minimum atomic E-state index is -0.386. The molecule has 0 saturated heterocycles. The van der Waals surface area contributed by atoms with Crippen molar-refractivity contribution in [3.8, 4) is 17.1 Å². The number of aromatic hydroxyl groups is 1. The lowest BCUT2D eigenvalue weighted by Crippen LogP contribution is -2.34. The van der Waals surface area contributed by atoms with Crippen LogP contribution in [-0.2, 0) is 6.42 Å². The van der Waals surface area contributed by atoms with E-state index in [0.717, 1.165) is 5.56 Å². The third-order valence-electron chi connectivity index (χ3n) is 2.18. The lowest BCUT2D eigenvalue weighted by atomic mass is 10.0. The molecule has 0 aliphatic heterocycles. The Labute approximate surface area is 99.3 Å². The van der Waals surface area contributed by atoms with Gasteiger partial charge in [-0.25, -0.2) is 0 Å². The maximum absolute atomic E-state index is 9.36. The molecule has 2 rings (SSSR count).